The highest BCUT2D eigenvalue weighted by molar-refractivity contribution is 6.35. The van der Waals surface area contributed by atoms with Gasteiger partial charge in [0.2, 0.25) is 0 Å². The van der Waals surface area contributed by atoms with E-state index in [1.54, 1.807) is 6.07 Å². The monoisotopic (exact) mass is 381 g/mol. The minimum absolute atomic E-state index is 0.0116. The summed E-state index contributed by atoms with van der Waals surface area (Å²) in [6.45, 7) is 2.16. The highest BCUT2D eigenvalue weighted by Gasteiger charge is 2.14. The Labute approximate surface area is 152 Å². The van der Waals surface area contributed by atoms with Gasteiger partial charge in [-0.15, -0.1) is 0 Å². The standard InChI is InChI=1S/C18H14Cl2FNO3/c1-9(13-6-16(21)15(20)7-14(13)19)22-8-10-4-18(24)25-17-5-11(23)2-3-12(10)17/h2-7,9,22-23H,8H2,1H3/t9-/m0/s1. The summed E-state index contributed by atoms with van der Waals surface area (Å²) in [7, 11) is 0. The van der Waals surface area contributed by atoms with Crippen LogP contribution >= 0.6 is 23.2 Å². The van der Waals surface area contributed by atoms with Crippen molar-refractivity contribution >= 4 is 34.2 Å². The number of aromatic hydroxyl groups is 1. The Kier molecular flexibility index (Phi) is 4.99. The zero-order valence-corrected chi connectivity index (χ0v) is 14.7. The van der Waals surface area contributed by atoms with E-state index < -0.39 is 11.4 Å². The lowest BCUT2D eigenvalue weighted by atomic mass is 10.1. The minimum atomic E-state index is -0.545. The topological polar surface area (TPSA) is 62.5 Å². The number of phenolic OH excluding ortho intramolecular Hbond substituents is 1. The van der Waals surface area contributed by atoms with Gasteiger partial charge in [-0.3, -0.25) is 0 Å². The van der Waals surface area contributed by atoms with Crippen LogP contribution in [0, 0.1) is 5.82 Å². The second kappa shape index (κ2) is 7.04. The third kappa shape index (κ3) is 3.79. The lowest BCUT2D eigenvalue weighted by molar-refractivity contribution is 0.473. The van der Waals surface area contributed by atoms with Gasteiger partial charge in [0.05, 0.1) is 5.02 Å². The van der Waals surface area contributed by atoms with Gasteiger partial charge in [-0.05, 0) is 42.3 Å². The number of hydrogen-bond acceptors (Lipinski definition) is 4. The number of nitrogens with one attached hydrogen (secondary N) is 1. The molecule has 0 aliphatic rings. The van der Waals surface area contributed by atoms with Gasteiger partial charge in [-0.2, -0.15) is 0 Å². The third-order valence-corrected chi connectivity index (χ3v) is 4.54. The Balaban J connectivity index is 1.88. The number of phenols is 1. The fraction of sp³-hybridized carbons (Fsp3) is 0.167. The molecule has 25 heavy (non-hydrogen) atoms. The summed E-state index contributed by atoms with van der Waals surface area (Å²) in [4.78, 5) is 11.7. The normalized spacial score (nSPS) is 12.5. The van der Waals surface area contributed by atoms with E-state index in [1.807, 2.05) is 6.92 Å². The maximum atomic E-state index is 13.7. The van der Waals surface area contributed by atoms with Gasteiger partial charge in [0.1, 0.15) is 17.1 Å². The summed E-state index contributed by atoms with van der Waals surface area (Å²) in [5.41, 5.74) is 1.04. The van der Waals surface area contributed by atoms with Gasteiger partial charge in [-0.25, -0.2) is 9.18 Å². The first-order valence-electron chi connectivity index (χ1n) is 7.48. The molecular formula is C18H14Cl2FNO3. The molecular weight excluding hydrogens is 368 g/mol. The van der Waals surface area contributed by atoms with Crippen molar-refractivity contribution in [3.63, 3.8) is 0 Å². The summed E-state index contributed by atoms with van der Waals surface area (Å²) < 4.78 is 18.8. The van der Waals surface area contributed by atoms with Crippen LogP contribution in [0.15, 0.2) is 45.6 Å². The minimum Gasteiger partial charge on any atom is -0.508 e. The Morgan fingerprint density at radius 3 is 2.72 bits per heavy atom. The number of rotatable bonds is 4. The van der Waals surface area contributed by atoms with E-state index in [4.69, 9.17) is 27.6 Å². The van der Waals surface area contributed by atoms with E-state index in [-0.39, 0.29) is 16.8 Å². The van der Waals surface area contributed by atoms with Gasteiger partial charge in [0, 0.05) is 35.1 Å². The second-order valence-electron chi connectivity index (χ2n) is 5.66. The van der Waals surface area contributed by atoms with Gasteiger partial charge in [0.25, 0.3) is 0 Å². The molecule has 3 rings (SSSR count). The molecule has 2 aromatic carbocycles. The fourth-order valence-corrected chi connectivity index (χ4v) is 3.15. The Morgan fingerprint density at radius 2 is 1.96 bits per heavy atom. The van der Waals surface area contributed by atoms with Crippen LogP contribution < -0.4 is 10.9 Å². The highest BCUT2D eigenvalue weighted by atomic mass is 35.5. The molecule has 4 nitrogen and oxygen atoms in total. The van der Waals surface area contributed by atoms with Crippen LogP contribution in [0.1, 0.15) is 24.1 Å². The van der Waals surface area contributed by atoms with Crippen molar-refractivity contribution in [3.8, 4) is 5.75 Å². The third-order valence-electron chi connectivity index (χ3n) is 3.92. The summed E-state index contributed by atoms with van der Waals surface area (Å²) in [5.74, 6) is -0.534. The van der Waals surface area contributed by atoms with Crippen LogP contribution in [0.5, 0.6) is 5.75 Å². The number of fused-ring (bicyclic) bond motifs is 1. The van der Waals surface area contributed by atoms with Crippen LogP contribution in [-0.4, -0.2) is 5.11 Å². The first kappa shape index (κ1) is 17.7. The summed E-state index contributed by atoms with van der Waals surface area (Å²) in [6.07, 6.45) is 0. The first-order valence-corrected chi connectivity index (χ1v) is 8.24. The molecule has 2 N–H and O–H groups in total. The zero-order valence-electron chi connectivity index (χ0n) is 13.1. The van der Waals surface area contributed by atoms with Gasteiger partial charge in [-0.1, -0.05) is 23.2 Å². The molecule has 0 fully saturated rings. The van der Waals surface area contributed by atoms with Crippen molar-refractivity contribution in [1.29, 1.82) is 0 Å². The molecule has 0 bridgehead atoms. The average Bonchev–Trinajstić information content (AvgIpc) is 2.55. The van der Waals surface area contributed by atoms with E-state index in [2.05, 4.69) is 5.32 Å². The van der Waals surface area contributed by atoms with Crippen LogP contribution in [0.4, 0.5) is 4.39 Å². The summed E-state index contributed by atoms with van der Waals surface area (Å²) in [6, 6.07) is 8.32. The van der Waals surface area contributed by atoms with Crippen LogP contribution in [0.2, 0.25) is 10.0 Å². The highest BCUT2D eigenvalue weighted by Crippen LogP contribution is 2.29. The molecule has 0 saturated heterocycles. The smallest absolute Gasteiger partial charge is 0.336 e. The Morgan fingerprint density at radius 1 is 1.20 bits per heavy atom. The van der Waals surface area contributed by atoms with Crippen molar-refractivity contribution in [2.75, 3.05) is 0 Å². The molecule has 0 unspecified atom stereocenters. The van der Waals surface area contributed by atoms with E-state index in [9.17, 15) is 14.3 Å². The van der Waals surface area contributed by atoms with Crippen LogP contribution in [-0.2, 0) is 6.54 Å². The molecule has 1 heterocycles. The van der Waals surface area contributed by atoms with Crippen LogP contribution in [0.3, 0.4) is 0 Å². The van der Waals surface area contributed by atoms with Crippen molar-refractivity contribution in [2.24, 2.45) is 0 Å². The number of hydrogen-bond donors (Lipinski definition) is 2. The SMILES string of the molecule is C[C@H](NCc1cc(=O)oc2cc(O)ccc12)c1cc(F)c(Cl)cc1Cl. The second-order valence-corrected chi connectivity index (χ2v) is 6.48. The van der Waals surface area contributed by atoms with Gasteiger partial charge < -0.3 is 14.8 Å². The average molecular weight is 382 g/mol. The lowest BCUT2D eigenvalue weighted by Crippen LogP contribution is -2.19. The van der Waals surface area contributed by atoms with E-state index in [1.165, 1.54) is 30.3 Å². The van der Waals surface area contributed by atoms with Crippen molar-refractivity contribution in [1.82, 2.24) is 5.32 Å². The van der Waals surface area contributed by atoms with Crippen molar-refractivity contribution in [2.45, 2.75) is 19.5 Å². The molecule has 0 aliphatic heterocycles. The van der Waals surface area contributed by atoms with Gasteiger partial charge in [0.15, 0.2) is 0 Å². The maximum Gasteiger partial charge on any atom is 0.336 e. The Hall–Kier alpha value is -2.08. The first-order chi connectivity index (χ1) is 11.8. The molecule has 1 atom stereocenters. The van der Waals surface area contributed by atoms with Gasteiger partial charge >= 0.3 is 5.63 Å². The molecule has 7 heteroatoms. The van der Waals surface area contributed by atoms with E-state index in [0.717, 1.165) is 0 Å². The Bertz CT molecular complexity index is 1000. The van der Waals surface area contributed by atoms with Crippen molar-refractivity contribution < 1.29 is 13.9 Å². The molecule has 0 radical (unpaired) electrons. The maximum absolute atomic E-state index is 13.7. The molecule has 0 amide bonds. The predicted octanol–water partition coefficient (Wildman–Crippen LogP) is 4.80. The fourth-order valence-electron chi connectivity index (χ4n) is 2.61. The van der Waals surface area contributed by atoms with Crippen LogP contribution in [0.25, 0.3) is 11.0 Å². The molecule has 0 saturated carbocycles. The summed E-state index contributed by atoms with van der Waals surface area (Å²) >= 11 is 11.8. The molecule has 0 aliphatic carbocycles. The number of halogens is 3. The zero-order chi connectivity index (χ0) is 18.1. The van der Waals surface area contributed by atoms with Crippen molar-refractivity contribution in [3.05, 3.63) is 73.8 Å². The van der Waals surface area contributed by atoms with E-state index >= 15 is 0 Å². The predicted molar refractivity (Wildman–Crippen MR) is 95.8 cm³/mol. The quantitative estimate of drug-likeness (QED) is 0.503. The van der Waals surface area contributed by atoms with E-state index in [0.29, 0.717) is 33.7 Å². The molecule has 0 spiro atoms. The number of benzene rings is 2. The molecule has 1 aromatic heterocycles. The molecule has 3 aromatic rings. The lowest BCUT2D eigenvalue weighted by Gasteiger charge is -2.17. The molecule has 130 valence electrons. The summed E-state index contributed by atoms with van der Waals surface area (Å²) in [5, 5.41) is 13.7. The largest absolute Gasteiger partial charge is 0.508 e.